The predicted molar refractivity (Wildman–Crippen MR) is 137 cm³/mol. The molecule has 1 atom stereocenters. The van der Waals surface area contributed by atoms with Crippen LogP contribution in [0.25, 0.3) is 0 Å². The molecule has 3 aromatic rings. The van der Waals surface area contributed by atoms with E-state index < -0.39 is 0 Å². The van der Waals surface area contributed by atoms with Crippen LogP contribution in [0.5, 0.6) is 0 Å². The van der Waals surface area contributed by atoms with Crippen LogP contribution in [0.1, 0.15) is 61.4 Å². The van der Waals surface area contributed by atoms with Gasteiger partial charge in [-0.25, -0.2) is 0 Å². The molecule has 0 unspecified atom stereocenters. The first kappa shape index (κ1) is 25.8. The van der Waals surface area contributed by atoms with Crippen molar-refractivity contribution in [3.63, 3.8) is 0 Å². The highest BCUT2D eigenvalue weighted by atomic mass is 35.5. The number of nitrogens with one attached hydrogen (secondary N) is 2. The molecule has 2 aromatic carbocycles. The molecule has 0 aliphatic rings. The minimum Gasteiger partial charge on any atom is -0.342 e. The Morgan fingerprint density at radius 3 is 2.32 bits per heavy atom. The first-order valence-corrected chi connectivity index (χ1v) is 12.5. The number of anilines is 1. The average Bonchev–Trinajstić information content (AvgIpc) is 3.16. The van der Waals surface area contributed by atoms with Crippen molar-refractivity contribution in [1.82, 2.24) is 20.1 Å². The van der Waals surface area contributed by atoms with Gasteiger partial charge in [-0.15, -0.1) is 10.2 Å². The Bertz CT molecular complexity index is 1140. The van der Waals surface area contributed by atoms with Crippen molar-refractivity contribution in [3.05, 3.63) is 70.5 Å². The van der Waals surface area contributed by atoms with E-state index in [0.717, 1.165) is 5.69 Å². The highest BCUT2D eigenvalue weighted by Crippen LogP contribution is 2.25. The largest absolute Gasteiger partial charge is 0.342 e. The van der Waals surface area contributed by atoms with E-state index in [9.17, 15) is 9.59 Å². The van der Waals surface area contributed by atoms with Crippen LogP contribution < -0.4 is 10.6 Å². The molecule has 7 nitrogen and oxygen atoms in total. The summed E-state index contributed by atoms with van der Waals surface area (Å²) in [4.78, 5) is 25.2. The molecule has 1 aromatic heterocycles. The summed E-state index contributed by atoms with van der Waals surface area (Å²) in [6, 6.07) is 14.4. The Hall–Kier alpha value is -2.84. The van der Waals surface area contributed by atoms with E-state index in [1.54, 1.807) is 24.3 Å². The highest BCUT2D eigenvalue weighted by Gasteiger charge is 2.26. The number of benzene rings is 2. The molecule has 0 saturated carbocycles. The monoisotopic (exact) mass is 499 g/mol. The lowest BCUT2D eigenvalue weighted by atomic mass is 10.0. The summed E-state index contributed by atoms with van der Waals surface area (Å²) in [5.74, 6) is 0.904. The number of hydrogen-bond acceptors (Lipinski definition) is 5. The maximum atomic E-state index is 12.8. The SMILES string of the molecule is CC(C)c1ccc(NC(=O)CSc2nnc([C@H](NC(=O)c3ccccc3Cl)C(C)C)n2C)cc1. The number of carbonyl (C=O) groups excluding carboxylic acids is 2. The third-order valence-electron chi connectivity index (χ3n) is 5.41. The number of nitrogens with zero attached hydrogens (tertiary/aromatic N) is 3. The molecule has 0 aliphatic carbocycles. The molecular weight excluding hydrogens is 470 g/mol. The molecule has 34 heavy (non-hydrogen) atoms. The summed E-state index contributed by atoms with van der Waals surface area (Å²) in [7, 11) is 1.83. The molecule has 0 aliphatic heterocycles. The number of amides is 2. The smallest absolute Gasteiger partial charge is 0.253 e. The fourth-order valence-corrected chi connectivity index (χ4v) is 4.33. The van der Waals surface area contributed by atoms with Crippen LogP contribution in [0.3, 0.4) is 0 Å². The summed E-state index contributed by atoms with van der Waals surface area (Å²) in [5.41, 5.74) is 2.39. The molecule has 0 saturated heterocycles. The summed E-state index contributed by atoms with van der Waals surface area (Å²) in [6.45, 7) is 8.25. The lowest BCUT2D eigenvalue weighted by molar-refractivity contribution is -0.113. The Morgan fingerprint density at radius 2 is 1.71 bits per heavy atom. The Labute approximate surface area is 209 Å². The van der Waals surface area contributed by atoms with Gasteiger partial charge < -0.3 is 15.2 Å². The fraction of sp³-hybridized carbons (Fsp3) is 0.360. The van der Waals surface area contributed by atoms with Gasteiger partial charge in [-0.2, -0.15) is 0 Å². The fourth-order valence-electron chi connectivity index (χ4n) is 3.39. The highest BCUT2D eigenvalue weighted by molar-refractivity contribution is 7.99. The van der Waals surface area contributed by atoms with E-state index in [0.29, 0.717) is 27.5 Å². The number of rotatable bonds is 9. The van der Waals surface area contributed by atoms with Crippen LogP contribution >= 0.6 is 23.4 Å². The molecule has 0 fully saturated rings. The second-order valence-electron chi connectivity index (χ2n) is 8.69. The van der Waals surface area contributed by atoms with E-state index in [1.807, 2.05) is 49.7 Å². The lowest BCUT2D eigenvalue weighted by Crippen LogP contribution is -2.33. The van der Waals surface area contributed by atoms with Gasteiger partial charge in [0.15, 0.2) is 11.0 Å². The second-order valence-corrected chi connectivity index (χ2v) is 10.0. The molecule has 0 radical (unpaired) electrons. The van der Waals surface area contributed by atoms with Crippen LogP contribution in [-0.4, -0.2) is 32.3 Å². The zero-order valence-corrected chi connectivity index (χ0v) is 21.6. The molecule has 180 valence electrons. The summed E-state index contributed by atoms with van der Waals surface area (Å²) in [6.07, 6.45) is 0. The Morgan fingerprint density at radius 1 is 1.03 bits per heavy atom. The molecule has 2 N–H and O–H groups in total. The van der Waals surface area contributed by atoms with Gasteiger partial charge in [0, 0.05) is 12.7 Å². The van der Waals surface area contributed by atoms with Crippen LogP contribution in [0, 0.1) is 5.92 Å². The number of hydrogen-bond donors (Lipinski definition) is 2. The van der Waals surface area contributed by atoms with Crippen molar-refractivity contribution in [2.75, 3.05) is 11.1 Å². The molecule has 9 heteroatoms. The third-order valence-corrected chi connectivity index (χ3v) is 6.76. The average molecular weight is 500 g/mol. The summed E-state index contributed by atoms with van der Waals surface area (Å²) >= 11 is 7.47. The lowest BCUT2D eigenvalue weighted by Gasteiger charge is -2.22. The van der Waals surface area contributed by atoms with E-state index in [4.69, 9.17) is 11.6 Å². The molecule has 1 heterocycles. The van der Waals surface area contributed by atoms with Gasteiger partial charge in [0.1, 0.15) is 0 Å². The van der Waals surface area contributed by atoms with E-state index in [1.165, 1.54) is 17.3 Å². The van der Waals surface area contributed by atoms with Crippen molar-refractivity contribution in [2.45, 2.75) is 44.8 Å². The maximum Gasteiger partial charge on any atom is 0.253 e. The van der Waals surface area contributed by atoms with Crippen LogP contribution in [0.15, 0.2) is 53.7 Å². The topological polar surface area (TPSA) is 88.9 Å². The van der Waals surface area contributed by atoms with E-state index >= 15 is 0 Å². The molecule has 3 rings (SSSR count). The van der Waals surface area contributed by atoms with Gasteiger partial charge >= 0.3 is 0 Å². The Kier molecular flexibility index (Phi) is 8.74. The van der Waals surface area contributed by atoms with Crippen molar-refractivity contribution in [2.24, 2.45) is 13.0 Å². The van der Waals surface area contributed by atoms with E-state index in [-0.39, 0.29) is 29.5 Å². The molecule has 0 spiro atoms. The van der Waals surface area contributed by atoms with Crippen molar-refractivity contribution in [3.8, 4) is 0 Å². The van der Waals surface area contributed by atoms with Gasteiger partial charge in [0.25, 0.3) is 5.91 Å². The number of halogens is 1. The van der Waals surface area contributed by atoms with Crippen LogP contribution in [0.2, 0.25) is 5.02 Å². The zero-order valence-electron chi connectivity index (χ0n) is 20.0. The molecule has 2 amide bonds. The van der Waals surface area contributed by atoms with Gasteiger partial charge in [-0.3, -0.25) is 9.59 Å². The summed E-state index contributed by atoms with van der Waals surface area (Å²) in [5, 5.41) is 15.5. The first-order chi connectivity index (χ1) is 16.2. The quantitative estimate of drug-likeness (QED) is 0.382. The number of thioether (sulfide) groups is 1. The summed E-state index contributed by atoms with van der Waals surface area (Å²) < 4.78 is 1.81. The van der Waals surface area contributed by atoms with Crippen molar-refractivity contribution >= 4 is 40.9 Å². The van der Waals surface area contributed by atoms with Crippen LogP contribution in [0.4, 0.5) is 5.69 Å². The van der Waals surface area contributed by atoms with Crippen molar-refractivity contribution in [1.29, 1.82) is 0 Å². The maximum absolute atomic E-state index is 12.8. The van der Waals surface area contributed by atoms with Crippen molar-refractivity contribution < 1.29 is 9.59 Å². The van der Waals surface area contributed by atoms with Gasteiger partial charge in [-0.05, 0) is 41.7 Å². The zero-order chi connectivity index (χ0) is 24.8. The predicted octanol–water partition coefficient (Wildman–Crippen LogP) is 5.45. The first-order valence-electron chi connectivity index (χ1n) is 11.1. The van der Waals surface area contributed by atoms with Gasteiger partial charge in [-0.1, -0.05) is 75.3 Å². The third kappa shape index (κ3) is 6.39. The standard InChI is InChI=1S/C25H30ClN5O2S/c1-15(2)17-10-12-18(13-11-17)27-21(32)14-34-25-30-29-23(31(25)5)22(16(3)4)28-24(33)19-8-6-7-9-20(19)26/h6-13,15-16,22H,14H2,1-5H3,(H,27,32)(H,28,33)/t22-/m1/s1. The van der Waals surface area contributed by atoms with Gasteiger partial charge in [0.05, 0.1) is 22.4 Å². The normalized spacial score (nSPS) is 12.1. The number of carbonyl (C=O) groups is 2. The number of aromatic nitrogens is 3. The second kappa shape index (κ2) is 11.5. The minimum absolute atomic E-state index is 0.0595. The van der Waals surface area contributed by atoms with Gasteiger partial charge in [0.2, 0.25) is 5.91 Å². The Balaban J connectivity index is 1.64. The molecular formula is C25H30ClN5O2S. The van der Waals surface area contributed by atoms with Crippen LogP contribution in [-0.2, 0) is 11.8 Å². The molecule has 0 bridgehead atoms. The van der Waals surface area contributed by atoms with E-state index in [2.05, 4.69) is 34.7 Å². The minimum atomic E-state index is -0.371.